The highest BCUT2D eigenvalue weighted by molar-refractivity contribution is 5.92. The summed E-state index contributed by atoms with van der Waals surface area (Å²) in [6.07, 6.45) is 1.55. The first-order chi connectivity index (χ1) is 8.22. The number of aliphatic hydroxyl groups excluding tert-OH is 1. The van der Waals surface area contributed by atoms with Crippen LogP contribution in [0.4, 0.5) is 0 Å². The van der Waals surface area contributed by atoms with Crippen LogP contribution >= 0.6 is 0 Å². The van der Waals surface area contributed by atoms with Gasteiger partial charge in [-0.25, -0.2) is 0 Å². The monoisotopic (exact) mass is 239 g/mol. The summed E-state index contributed by atoms with van der Waals surface area (Å²) >= 11 is 0. The minimum atomic E-state index is -0.0938. The first-order valence-electron chi connectivity index (χ1n) is 5.76. The van der Waals surface area contributed by atoms with Gasteiger partial charge in [-0.05, 0) is 6.92 Å². The lowest BCUT2D eigenvalue weighted by Crippen LogP contribution is -2.49. The molecule has 1 fully saturated rings. The van der Waals surface area contributed by atoms with Crippen molar-refractivity contribution in [3.63, 3.8) is 0 Å². The Morgan fingerprint density at radius 2 is 2.18 bits per heavy atom. The molecule has 0 atom stereocenters. The van der Waals surface area contributed by atoms with Crippen LogP contribution < -0.4 is 0 Å². The first-order valence-corrected chi connectivity index (χ1v) is 5.76. The highest BCUT2D eigenvalue weighted by Crippen LogP contribution is 2.11. The molecule has 6 heteroatoms. The molecule has 2 rings (SSSR count). The third kappa shape index (κ3) is 2.65. The fraction of sp³-hybridized carbons (Fsp3) is 0.636. The average molecular weight is 239 g/mol. The third-order valence-electron chi connectivity index (χ3n) is 3.02. The molecule has 1 aliphatic heterocycles. The SMILES string of the molecule is Cc1cnoc1C(=O)N1CCN(CCO)CC1. The molecule has 0 aliphatic carbocycles. The van der Waals surface area contributed by atoms with Crippen molar-refractivity contribution in [2.24, 2.45) is 0 Å². The van der Waals surface area contributed by atoms with Crippen molar-refractivity contribution in [2.75, 3.05) is 39.3 Å². The molecule has 1 aromatic rings. The van der Waals surface area contributed by atoms with E-state index in [1.807, 2.05) is 6.92 Å². The second kappa shape index (κ2) is 5.29. The van der Waals surface area contributed by atoms with Crippen molar-refractivity contribution >= 4 is 5.91 Å². The number of β-amino-alcohol motifs (C(OH)–C–C–N with tert-alkyl or cyclic N) is 1. The molecule has 0 bridgehead atoms. The summed E-state index contributed by atoms with van der Waals surface area (Å²) < 4.78 is 4.96. The summed E-state index contributed by atoms with van der Waals surface area (Å²) in [4.78, 5) is 16.0. The quantitative estimate of drug-likeness (QED) is 0.786. The number of aliphatic hydroxyl groups is 1. The standard InChI is InChI=1S/C11H17N3O3/c1-9-8-12-17-10(9)11(16)14-4-2-13(3-5-14)6-7-15/h8,15H,2-7H2,1H3. The normalized spacial score (nSPS) is 17.4. The maximum atomic E-state index is 12.1. The highest BCUT2D eigenvalue weighted by atomic mass is 16.5. The Morgan fingerprint density at radius 3 is 2.71 bits per heavy atom. The molecule has 0 radical (unpaired) electrons. The van der Waals surface area contributed by atoms with Gasteiger partial charge >= 0.3 is 0 Å². The zero-order chi connectivity index (χ0) is 12.3. The molecule has 1 saturated heterocycles. The van der Waals surface area contributed by atoms with Crippen LogP contribution in [0.5, 0.6) is 0 Å². The first kappa shape index (κ1) is 12.1. The molecule has 2 heterocycles. The van der Waals surface area contributed by atoms with Gasteiger partial charge in [0.25, 0.3) is 5.91 Å². The van der Waals surface area contributed by atoms with Crippen molar-refractivity contribution < 1.29 is 14.4 Å². The van der Waals surface area contributed by atoms with Gasteiger partial charge in [-0.15, -0.1) is 0 Å². The molecule has 1 N–H and O–H groups in total. The number of aryl methyl sites for hydroxylation is 1. The molecular weight excluding hydrogens is 222 g/mol. The highest BCUT2D eigenvalue weighted by Gasteiger charge is 2.25. The second-order valence-electron chi connectivity index (χ2n) is 4.20. The van der Waals surface area contributed by atoms with Gasteiger partial charge in [-0.3, -0.25) is 9.69 Å². The van der Waals surface area contributed by atoms with Gasteiger partial charge in [0.15, 0.2) is 0 Å². The molecule has 0 unspecified atom stereocenters. The number of nitrogens with zero attached hydrogens (tertiary/aromatic N) is 3. The van der Waals surface area contributed by atoms with Gasteiger partial charge in [0.05, 0.1) is 12.8 Å². The zero-order valence-corrected chi connectivity index (χ0v) is 9.93. The molecule has 6 nitrogen and oxygen atoms in total. The van der Waals surface area contributed by atoms with Crippen LogP contribution in [-0.2, 0) is 0 Å². The van der Waals surface area contributed by atoms with Gasteiger partial charge in [0, 0.05) is 38.3 Å². The van der Waals surface area contributed by atoms with Crippen LogP contribution in [0.1, 0.15) is 16.1 Å². The van der Waals surface area contributed by atoms with E-state index in [-0.39, 0.29) is 12.5 Å². The number of carbonyl (C=O) groups excluding carboxylic acids is 1. The van der Waals surface area contributed by atoms with Crippen molar-refractivity contribution in [3.05, 3.63) is 17.5 Å². The lowest BCUT2D eigenvalue weighted by atomic mass is 10.2. The van der Waals surface area contributed by atoms with Crippen LogP contribution in [0.2, 0.25) is 0 Å². The van der Waals surface area contributed by atoms with Gasteiger partial charge in [0.2, 0.25) is 5.76 Å². The van der Waals surface area contributed by atoms with Crippen molar-refractivity contribution in [3.8, 4) is 0 Å². The maximum absolute atomic E-state index is 12.1. The Morgan fingerprint density at radius 1 is 1.47 bits per heavy atom. The molecule has 1 aromatic heterocycles. The van der Waals surface area contributed by atoms with E-state index in [2.05, 4.69) is 10.1 Å². The molecule has 0 aromatic carbocycles. The van der Waals surface area contributed by atoms with E-state index in [0.29, 0.717) is 25.4 Å². The number of hydrogen-bond acceptors (Lipinski definition) is 5. The lowest BCUT2D eigenvalue weighted by Gasteiger charge is -2.33. The van der Waals surface area contributed by atoms with Gasteiger partial charge in [-0.1, -0.05) is 5.16 Å². The number of amides is 1. The van der Waals surface area contributed by atoms with Crippen molar-refractivity contribution in [1.82, 2.24) is 15.0 Å². The molecule has 17 heavy (non-hydrogen) atoms. The molecule has 0 saturated carbocycles. The predicted molar refractivity (Wildman–Crippen MR) is 60.7 cm³/mol. The lowest BCUT2D eigenvalue weighted by molar-refractivity contribution is 0.0575. The van der Waals surface area contributed by atoms with Crippen LogP contribution in [0.25, 0.3) is 0 Å². The molecular formula is C11H17N3O3. The summed E-state index contributed by atoms with van der Waals surface area (Å²) in [5, 5.41) is 12.5. The average Bonchev–Trinajstić information content (AvgIpc) is 2.76. The van der Waals surface area contributed by atoms with Gasteiger partial charge in [0.1, 0.15) is 0 Å². The Hall–Kier alpha value is -1.40. The number of aromatic nitrogens is 1. The second-order valence-corrected chi connectivity index (χ2v) is 4.20. The fourth-order valence-corrected chi connectivity index (χ4v) is 1.96. The summed E-state index contributed by atoms with van der Waals surface area (Å²) in [5.41, 5.74) is 0.771. The molecule has 0 spiro atoms. The minimum absolute atomic E-state index is 0.0938. The number of hydrogen-bond donors (Lipinski definition) is 1. The van der Waals surface area contributed by atoms with E-state index >= 15 is 0 Å². The largest absolute Gasteiger partial charge is 0.395 e. The van der Waals surface area contributed by atoms with Crippen LogP contribution in [-0.4, -0.2) is 65.3 Å². The summed E-state index contributed by atoms with van der Waals surface area (Å²) in [5.74, 6) is 0.240. The van der Waals surface area contributed by atoms with E-state index < -0.39 is 0 Å². The predicted octanol–water partition coefficient (Wildman–Crippen LogP) is -0.267. The molecule has 94 valence electrons. The van der Waals surface area contributed by atoms with Gasteiger partial charge in [-0.2, -0.15) is 0 Å². The maximum Gasteiger partial charge on any atom is 0.292 e. The number of carbonyl (C=O) groups is 1. The smallest absolute Gasteiger partial charge is 0.292 e. The topological polar surface area (TPSA) is 69.8 Å². The van der Waals surface area contributed by atoms with E-state index in [4.69, 9.17) is 9.63 Å². The number of piperazine rings is 1. The van der Waals surface area contributed by atoms with E-state index in [1.165, 1.54) is 0 Å². The van der Waals surface area contributed by atoms with E-state index in [1.54, 1.807) is 11.1 Å². The van der Waals surface area contributed by atoms with Crippen LogP contribution in [0.3, 0.4) is 0 Å². The third-order valence-corrected chi connectivity index (χ3v) is 3.02. The van der Waals surface area contributed by atoms with Crippen molar-refractivity contribution in [2.45, 2.75) is 6.92 Å². The Bertz CT molecular complexity index is 383. The Balaban J connectivity index is 1.93. The van der Waals surface area contributed by atoms with Crippen molar-refractivity contribution in [1.29, 1.82) is 0 Å². The Kier molecular flexibility index (Phi) is 3.75. The molecule has 1 amide bonds. The van der Waals surface area contributed by atoms with E-state index in [0.717, 1.165) is 18.7 Å². The summed E-state index contributed by atoms with van der Waals surface area (Å²) in [6.45, 7) is 5.56. The van der Waals surface area contributed by atoms with Crippen LogP contribution in [0.15, 0.2) is 10.7 Å². The van der Waals surface area contributed by atoms with Gasteiger partial charge < -0.3 is 14.5 Å². The number of rotatable bonds is 3. The fourth-order valence-electron chi connectivity index (χ4n) is 1.96. The van der Waals surface area contributed by atoms with Crippen LogP contribution in [0, 0.1) is 6.92 Å². The zero-order valence-electron chi connectivity index (χ0n) is 9.93. The summed E-state index contributed by atoms with van der Waals surface area (Å²) in [6, 6.07) is 0. The Labute approximate surface area is 99.8 Å². The van der Waals surface area contributed by atoms with E-state index in [9.17, 15) is 4.79 Å². The minimum Gasteiger partial charge on any atom is -0.395 e. The summed E-state index contributed by atoms with van der Waals surface area (Å²) in [7, 11) is 0. The molecule has 1 aliphatic rings.